The predicted octanol–water partition coefficient (Wildman–Crippen LogP) is 6.79. The van der Waals surface area contributed by atoms with Gasteiger partial charge in [-0.3, -0.25) is 19.3 Å². The van der Waals surface area contributed by atoms with Crippen LogP contribution in [0.15, 0.2) is 76.6 Å². The molecule has 1 N–H and O–H groups in total. The van der Waals surface area contributed by atoms with Crippen LogP contribution < -0.4 is 14.5 Å². The first-order valence-electron chi connectivity index (χ1n) is 14.3. The molecule has 43 heavy (non-hydrogen) atoms. The molecular weight excluding hydrogens is 607 g/mol. The molecule has 6 nitrogen and oxygen atoms in total. The molecule has 3 fully saturated rings. The summed E-state index contributed by atoms with van der Waals surface area (Å²) in [5, 5.41) is 1.41. The van der Waals surface area contributed by atoms with E-state index in [0.29, 0.717) is 23.1 Å². The second kappa shape index (κ2) is 10.1. The van der Waals surface area contributed by atoms with E-state index >= 15 is 0 Å². The Kier molecular flexibility index (Phi) is 6.37. The van der Waals surface area contributed by atoms with Crippen LogP contribution in [0.3, 0.4) is 0 Å². The molecular formula is C33H26ClFN2O4S2. The average Bonchev–Trinajstić information content (AvgIpc) is 3.73. The van der Waals surface area contributed by atoms with E-state index in [-0.39, 0.29) is 45.6 Å². The summed E-state index contributed by atoms with van der Waals surface area (Å²) in [6, 6.07) is 19.3. The van der Waals surface area contributed by atoms with Gasteiger partial charge in [-0.25, -0.2) is 4.39 Å². The lowest BCUT2D eigenvalue weighted by Crippen LogP contribution is -2.42. The van der Waals surface area contributed by atoms with E-state index in [2.05, 4.69) is 17.1 Å². The third-order valence-corrected chi connectivity index (χ3v) is 12.5. The maximum atomic E-state index is 13.9. The molecule has 0 spiro atoms. The second-order valence-electron chi connectivity index (χ2n) is 11.9. The number of nitrogens with zero attached hydrogens (tertiary/aromatic N) is 1. The molecule has 2 aliphatic heterocycles. The largest absolute Gasteiger partial charge is 0.489 e. The number of benzene rings is 3. The summed E-state index contributed by atoms with van der Waals surface area (Å²) in [4.78, 5) is 45.5. The number of thiazole rings is 1. The zero-order chi connectivity index (χ0) is 29.6. The highest BCUT2D eigenvalue weighted by Gasteiger charge is 2.69. The van der Waals surface area contributed by atoms with Gasteiger partial charge in [-0.15, -0.1) is 11.8 Å². The first-order valence-corrected chi connectivity index (χ1v) is 16.4. The van der Waals surface area contributed by atoms with Crippen molar-refractivity contribution in [3.05, 3.63) is 109 Å². The number of aromatic amines is 1. The van der Waals surface area contributed by atoms with Gasteiger partial charge in [-0.2, -0.15) is 0 Å². The molecule has 1 saturated heterocycles. The van der Waals surface area contributed by atoms with E-state index in [0.717, 1.165) is 27.5 Å². The van der Waals surface area contributed by atoms with Crippen molar-refractivity contribution in [2.24, 2.45) is 29.6 Å². The smallest absolute Gasteiger partial charge is 0.305 e. The topological polar surface area (TPSA) is 79.5 Å². The van der Waals surface area contributed by atoms with Crippen LogP contribution in [0.25, 0.3) is 0 Å². The number of carbonyl (C=O) groups is 2. The molecule has 4 aromatic rings. The summed E-state index contributed by atoms with van der Waals surface area (Å²) in [5.41, 5.74) is 3.50. The van der Waals surface area contributed by atoms with Crippen LogP contribution >= 0.6 is 34.7 Å². The fourth-order valence-electron chi connectivity index (χ4n) is 7.95. The average molecular weight is 633 g/mol. The van der Waals surface area contributed by atoms with Crippen LogP contribution in [0.2, 0.25) is 5.02 Å². The third-order valence-electron chi connectivity index (χ3n) is 9.63. The van der Waals surface area contributed by atoms with Crippen molar-refractivity contribution in [1.82, 2.24) is 4.98 Å². The standard InChI is InChI=1S/C33H26ClFN2O4S2/c1-15-2-4-16(5-3-15)14-41-23-11-6-17(34)12-20(23)24-25-21-13-22(28(25)42-30-29(24)43-33(40)36-30)27-26(21)31(38)37(32(27)39)19-9-7-18(35)8-10-19/h2-12,21-22,24-28H,13-14H2,1H3,(H,36,40)/t21-,22-,24?,25?,26?,27?,28?/m1/s1. The molecule has 8 rings (SSSR count). The van der Waals surface area contributed by atoms with Crippen LogP contribution in [0.1, 0.15) is 33.9 Å². The molecule has 2 aliphatic carbocycles. The van der Waals surface area contributed by atoms with Crippen LogP contribution in [0, 0.1) is 42.3 Å². The fourth-order valence-corrected chi connectivity index (χ4v) is 11.0. The van der Waals surface area contributed by atoms with Crippen molar-refractivity contribution in [3.8, 4) is 5.75 Å². The van der Waals surface area contributed by atoms with Crippen LogP contribution in [0.5, 0.6) is 5.75 Å². The van der Waals surface area contributed by atoms with Gasteiger partial charge in [-0.05, 0) is 79.1 Å². The molecule has 4 aliphatic rings. The quantitative estimate of drug-likeness (QED) is 0.245. The van der Waals surface area contributed by atoms with Crippen molar-refractivity contribution in [1.29, 1.82) is 0 Å². The molecule has 2 amide bonds. The van der Waals surface area contributed by atoms with Crippen molar-refractivity contribution < 1.29 is 18.7 Å². The Balaban J connectivity index is 1.20. The van der Waals surface area contributed by atoms with Gasteiger partial charge in [0.05, 0.1) is 22.5 Å². The Bertz CT molecular complexity index is 1840. The number of rotatable bonds is 5. The molecule has 2 saturated carbocycles. The second-order valence-corrected chi connectivity index (χ2v) is 14.5. The molecule has 3 heterocycles. The Morgan fingerprint density at radius 1 is 0.977 bits per heavy atom. The lowest BCUT2D eigenvalue weighted by atomic mass is 9.68. The molecule has 2 bridgehead atoms. The Labute approximate surface area is 260 Å². The van der Waals surface area contributed by atoms with Gasteiger partial charge in [0.15, 0.2) is 0 Å². The Morgan fingerprint density at radius 2 is 1.70 bits per heavy atom. The molecule has 7 atom stereocenters. The number of aryl methyl sites for hydroxylation is 1. The highest BCUT2D eigenvalue weighted by molar-refractivity contribution is 8.00. The number of halogens is 2. The number of imide groups is 1. The summed E-state index contributed by atoms with van der Waals surface area (Å²) in [5.74, 6) is -1.36. The van der Waals surface area contributed by atoms with Gasteiger partial charge in [0.2, 0.25) is 11.8 Å². The van der Waals surface area contributed by atoms with E-state index in [9.17, 15) is 18.8 Å². The maximum Gasteiger partial charge on any atom is 0.305 e. The number of hydrogen-bond acceptors (Lipinski definition) is 6. The van der Waals surface area contributed by atoms with Crippen molar-refractivity contribution >= 4 is 52.2 Å². The number of nitrogens with one attached hydrogen (secondary N) is 1. The minimum atomic E-state index is -0.458. The van der Waals surface area contributed by atoms with Gasteiger partial charge < -0.3 is 9.72 Å². The van der Waals surface area contributed by atoms with Gasteiger partial charge in [-0.1, -0.05) is 52.8 Å². The highest BCUT2D eigenvalue weighted by Crippen LogP contribution is 2.69. The van der Waals surface area contributed by atoms with Gasteiger partial charge in [0.1, 0.15) is 18.2 Å². The first kappa shape index (κ1) is 27.2. The summed E-state index contributed by atoms with van der Waals surface area (Å²) in [6.45, 7) is 2.41. The number of anilines is 1. The number of fused-ring (bicyclic) bond motifs is 9. The summed E-state index contributed by atoms with van der Waals surface area (Å²) >= 11 is 9.42. The van der Waals surface area contributed by atoms with Gasteiger partial charge in [0.25, 0.3) is 0 Å². The number of thioether (sulfide) groups is 1. The maximum absolute atomic E-state index is 13.9. The van der Waals surface area contributed by atoms with E-state index in [1.54, 1.807) is 11.8 Å². The predicted molar refractivity (Wildman–Crippen MR) is 164 cm³/mol. The highest BCUT2D eigenvalue weighted by atomic mass is 35.5. The van der Waals surface area contributed by atoms with E-state index in [1.807, 2.05) is 37.3 Å². The van der Waals surface area contributed by atoms with E-state index < -0.39 is 17.7 Å². The minimum Gasteiger partial charge on any atom is -0.489 e. The molecule has 10 heteroatoms. The first-order chi connectivity index (χ1) is 20.8. The minimum absolute atomic E-state index is 0.000286. The normalized spacial score (nSPS) is 28.6. The van der Waals surface area contributed by atoms with Crippen LogP contribution in [-0.2, 0) is 16.2 Å². The number of amides is 2. The van der Waals surface area contributed by atoms with E-state index in [4.69, 9.17) is 16.3 Å². The number of carbonyl (C=O) groups excluding carboxylic acids is 2. The van der Waals surface area contributed by atoms with Crippen LogP contribution in [-0.4, -0.2) is 22.0 Å². The van der Waals surface area contributed by atoms with Gasteiger partial charge >= 0.3 is 4.87 Å². The van der Waals surface area contributed by atoms with Crippen molar-refractivity contribution in [2.75, 3.05) is 4.90 Å². The van der Waals surface area contributed by atoms with E-state index in [1.165, 1.54) is 46.1 Å². The molecule has 1 aromatic heterocycles. The zero-order valence-electron chi connectivity index (χ0n) is 23.0. The van der Waals surface area contributed by atoms with Crippen LogP contribution in [0.4, 0.5) is 10.1 Å². The summed E-state index contributed by atoms with van der Waals surface area (Å²) in [6.07, 6.45) is 0.766. The number of H-pyrrole nitrogens is 1. The number of hydrogen-bond donors (Lipinski definition) is 1. The zero-order valence-corrected chi connectivity index (χ0v) is 25.3. The SMILES string of the molecule is Cc1ccc(COc2ccc(Cl)cc2C2c3sc(=O)[nH]c3SC3C2[C@H]2C[C@@H]3C3C(=O)N(c4ccc(F)cc4)C(=O)C32)cc1. The number of aromatic nitrogens is 1. The Hall–Kier alpha value is -3.40. The van der Waals surface area contributed by atoms with Gasteiger partial charge in [0, 0.05) is 26.6 Å². The fraction of sp³-hybridized carbons (Fsp3) is 0.303. The third kappa shape index (κ3) is 4.23. The molecule has 5 unspecified atom stereocenters. The summed E-state index contributed by atoms with van der Waals surface area (Å²) in [7, 11) is 0. The lowest BCUT2D eigenvalue weighted by Gasteiger charge is -2.43. The molecule has 0 radical (unpaired) electrons. The lowest BCUT2D eigenvalue weighted by molar-refractivity contribution is -0.123. The summed E-state index contributed by atoms with van der Waals surface area (Å²) < 4.78 is 20.1. The van der Waals surface area contributed by atoms with Crippen molar-refractivity contribution in [2.45, 2.75) is 36.1 Å². The number of ether oxygens (including phenoxy) is 1. The monoisotopic (exact) mass is 632 g/mol. The van der Waals surface area contributed by atoms with Crippen molar-refractivity contribution in [3.63, 3.8) is 0 Å². The molecule has 218 valence electrons. The molecule has 3 aromatic carbocycles. The Morgan fingerprint density at radius 3 is 2.44 bits per heavy atom.